The molecular formula is C23H16BrFN2O. The van der Waals surface area contributed by atoms with Gasteiger partial charge in [-0.2, -0.15) is 0 Å². The van der Waals surface area contributed by atoms with Gasteiger partial charge in [0.1, 0.15) is 17.3 Å². The summed E-state index contributed by atoms with van der Waals surface area (Å²) < 4.78 is 14.2. The molecule has 0 spiro atoms. The van der Waals surface area contributed by atoms with Gasteiger partial charge in [0, 0.05) is 10.0 Å². The molecule has 138 valence electrons. The second kappa shape index (κ2) is 7.52. The van der Waals surface area contributed by atoms with Crippen LogP contribution in [-0.4, -0.2) is 11.7 Å². The summed E-state index contributed by atoms with van der Waals surface area (Å²) in [6, 6.07) is 21.3. The number of halogens is 2. The van der Waals surface area contributed by atoms with E-state index in [1.807, 2.05) is 55.5 Å². The largest absolute Gasteiger partial charge is 0.282 e. The van der Waals surface area contributed by atoms with E-state index in [-0.39, 0.29) is 11.7 Å². The van der Waals surface area contributed by atoms with E-state index in [1.165, 1.54) is 17.0 Å². The Balaban J connectivity index is 1.84. The molecule has 0 atom stereocenters. The number of benzene rings is 3. The van der Waals surface area contributed by atoms with E-state index in [2.05, 4.69) is 20.9 Å². The topological polar surface area (TPSA) is 32.7 Å². The molecule has 1 aliphatic rings. The molecule has 1 aliphatic heterocycles. The van der Waals surface area contributed by atoms with Crippen molar-refractivity contribution in [2.24, 2.45) is 4.99 Å². The Morgan fingerprint density at radius 3 is 2.32 bits per heavy atom. The van der Waals surface area contributed by atoms with Crippen molar-refractivity contribution in [3.05, 3.63) is 105 Å². The van der Waals surface area contributed by atoms with Gasteiger partial charge in [0.2, 0.25) is 0 Å². The highest BCUT2D eigenvalue weighted by molar-refractivity contribution is 9.10. The Labute approximate surface area is 171 Å². The third-order valence-electron chi connectivity index (χ3n) is 4.44. The van der Waals surface area contributed by atoms with Crippen LogP contribution in [0.4, 0.5) is 10.1 Å². The number of amidine groups is 1. The van der Waals surface area contributed by atoms with Gasteiger partial charge in [0.25, 0.3) is 5.91 Å². The monoisotopic (exact) mass is 434 g/mol. The molecule has 0 bridgehead atoms. The molecule has 0 saturated heterocycles. The third-order valence-corrected chi connectivity index (χ3v) is 5.13. The highest BCUT2D eigenvalue weighted by atomic mass is 79.9. The zero-order valence-corrected chi connectivity index (χ0v) is 16.7. The van der Waals surface area contributed by atoms with Crippen molar-refractivity contribution >= 4 is 39.4 Å². The van der Waals surface area contributed by atoms with Crippen molar-refractivity contribution in [2.45, 2.75) is 6.92 Å². The summed E-state index contributed by atoms with van der Waals surface area (Å²) in [4.78, 5) is 19.3. The SMILES string of the molecule is Cc1ccc(/C=C2/N=C(c3ccccc3Br)N(c3ccc(F)cc3)C2=O)cc1. The van der Waals surface area contributed by atoms with Crippen LogP contribution in [0, 0.1) is 12.7 Å². The van der Waals surface area contributed by atoms with Gasteiger partial charge in [-0.15, -0.1) is 0 Å². The standard InChI is InChI=1S/C23H16BrFN2O/c1-15-6-8-16(9-7-15)14-21-23(28)27(18-12-10-17(25)11-13-18)22(26-21)19-4-2-3-5-20(19)24/h2-14H,1H3/b21-14+. The van der Waals surface area contributed by atoms with Crippen molar-refractivity contribution in [3.8, 4) is 0 Å². The molecule has 3 aromatic carbocycles. The van der Waals surface area contributed by atoms with Gasteiger partial charge in [0.05, 0.1) is 5.69 Å². The summed E-state index contributed by atoms with van der Waals surface area (Å²) in [6.07, 6.45) is 1.77. The third kappa shape index (κ3) is 3.53. The van der Waals surface area contributed by atoms with Crippen molar-refractivity contribution < 1.29 is 9.18 Å². The number of aliphatic imine (C=N–C) groups is 1. The summed E-state index contributed by atoms with van der Waals surface area (Å²) in [7, 11) is 0. The fourth-order valence-corrected chi connectivity index (χ4v) is 3.45. The number of hydrogen-bond donors (Lipinski definition) is 0. The normalized spacial score (nSPS) is 15.2. The second-order valence-electron chi connectivity index (χ2n) is 6.47. The Hall–Kier alpha value is -3.05. The number of hydrogen-bond acceptors (Lipinski definition) is 2. The molecule has 4 rings (SSSR count). The minimum Gasteiger partial charge on any atom is -0.266 e. The van der Waals surface area contributed by atoms with Gasteiger partial charge >= 0.3 is 0 Å². The summed E-state index contributed by atoms with van der Waals surface area (Å²) in [5.74, 6) is -0.106. The molecule has 3 nitrogen and oxygen atoms in total. The van der Waals surface area contributed by atoms with Crippen LogP contribution in [0.1, 0.15) is 16.7 Å². The van der Waals surface area contributed by atoms with Gasteiger partial charge in [-0.25, -0.2) is 9.38 Å². The van der Waals surface area contributed by atoms with Gasteiger partial charge < -0.3 is 0 Å². The Morgan fingerprint density at radius 1 is 0.964 bits per heavy atom. The van der Waals surface area contributed by atoms with Crippen molar-refractivity contribution in [2.75, 3.05) is 4.90 Å². The smallest absolute Gasteiger partial charge is 0.266 e. The maximum absolute atomic E-state index is 13.4. The number of carbonyl (C=O) groups is 1. The van der Waals surface area contributed by atoms with Gasteiger partial charge in [-0.3, -0.25) is 9.69 Å². The molecule has 1 amide bonds. The fourth-order valence-electron chi connectivity index (χ4n) is 2.99. The van der Waals surface area contributed by atoms with Crippen LogP contribution in [0.15, 0.2) is 88.0 Å². The van der Waals surface area contributed by atoms with Gasteiger partial charge in [-0.05, 0) is 48.9 Å². The predicted molar refractivity (Wildman–Crippen MR) is 114 cm³/mol. The first kappa shape index (κ1) is 18.3. The minimum atomic E-state index is -0.356. The van der Waals surface area contributed by atoms with Gasteiger partial charge in [-0.1, -0.05) is 64.0 Å². The van der Waals surface area contributed by atoms with E-state index >= 15 is 0 Å². The lowest BCUT2D eigenvalue weighted by molar-refractivity contribution is -0.113. The first-order chi connectivity index (χ1) is 13.5. The molecule has 3 aromatic rings. The molecule has 0 unspecified atom stereocenters. The summed E-state index contributed by atoms with van der Waals surface area (Å²) in [5, 5.41) is 0. The lowest BCUT2D eigenvalue weighted by Gasteiger charge is -2.19. The first-order valence-corrected chi connectivity index (χ1v) is 9.54. The predicted octanol–water partition coefficient (Wildman–Crippen LogP) is 5.73. The van der Waals surface area contributed by atoms with E-state index in [0.717, 1.165) is 21.2 Å². The number of amides is 1. The zero-order valence-electron chi connectivity index (χ0n) is 15.1. The van der Waals surface area contributed by atoms with Crippen molar-refractivity contribution in [1.82, 2.24) is 0 Å². The van der Waals surface area contributed by atoms with Crippen LogP contribution < -0.4 is 4.90 Å². The quantitative estimate of drug-likeness (QED) is 0.484. The molecule has 0 aromatic heterocycles. The van der Waals surface area contributed by atoms with Crippen LogP contribution in [-0.2, 0) is 4.79 Å². The van der Waals surface area contributed by atoms with Crippen molar-refractivity contribution in [3.63, 3.8) is 0 Å². The number of carbonyl (C=O) groups excluding carboxylic acids is 1. The first-order valence-electron chi connectivity index (χ1n) is 8.75. The minimum absolute atomic E-state index is 0.252. The zero-order chi connectivity index (χ0) is 19.7. The van der Waals surface area contributed by atoms with Crippen LogP contribution in [0.25, 0.3) is 6.08 Å². The van der Waals surface area contributed by atoms with Crippen LogP contribution in [0.5, 0.6) is 0 Å². The van der Waals surface area contributed by atoms with Crippen molar-refractivity contribution in [1.29, 1.82) is 0 Å². The van der Waals surface area contributed by atoms with E-state index < -0.39 is 0 Å². The summed E-state index contributed by atoms with van der Waals surface area (Å²) in [6.45, 7) is 2.01. The molecule has 0 saturated carbocycles. The molecule has 0 N–H and O–H groups in total. The van der Waals surface area contributed by atoms with Gasteiger partial charge in [0.15, 0.2) is 0 Å². The Bertz CT molecular complexity index is 1100. The maximum Gasteiger partial charge on any atom is 0.282 e. The summed E-state index contributed by atoms with van der Waals surface area (Å²) >= 11 is 3.53. The van der Waals surface area contributed by atoms with Crippen LogP contribution in [0.2, 0.25) is 0 Å². The molecule has 1 heterocycles. The number of aryl methyl sites for hydroxylation is 1. The number of anilines is 1. The number of nitrogens with zero attached hydrogens (tertiary/aromatic N) is 2. The van der Waals surface area contributed by atoms with Crippen LogP contribution >= 0.6 is 15.9 Å². The van der Waals surface area contributed by atoms with E-state index in [4.69, 9.17) is 0 Å². The second-order valence-corrected chi connectivity index (χ2v) is 7.33. The molecule has 5 heteroatoms. The Kier molecular flexibility index (Phi) is 4.92. The molecule has 0 radical (unpaired) electrons. The average Bonchev–Trinajstić information content (AvgIpc) is 3.01. The fraction of sp³-hybridized carbons (Fsp3) is 0.0435. The average molecular weight is 435 g/mol. The van der Waals surface area contributed by atoms with E-state index in [9.17, 15) is 9.18 Å². The lowest BCUT2D eigenvalue weighted by atomic mass is 10.1. The lowest BCUT2D eigenvalue weighted by Crippen LogP contribution is -2.32. The Morgan fingerprint density at radius 2 is 1.64 bits per heavy atom. The molecule has 0 aliphatic carbocycles. The highest BCUT2D eigenvalue weighted by Crippen LogP contribution is 2.30. The van der Waals surface area contributed by atoms with E-state index in [1.54, 1.807) is 18.2 Å². The highest BCUT2D eigenvalue weighted by Gasteiger charge is 2.33. The molecular weight excluding hydrogens is 419 g/mol. The number of rotatable bonds is 3. The van der Waals surface area contributed by atoms with Crippen LogP contribution in [0.3, 0.4) is 0 Å². The molecule has 0 fully saturated rings. The molecule has 28 heavy (non-hydrogen) atoms. The maximum atomic E-state index is 13.4. The van der Waals surface area contributed by atoms with E-state index in [0.29, 0.717) is 17.2 Å². The summed E-state index contributed by atoms with van der Waals surface area (Å²) in [5.41, 5.74) is 3.72.